The van der Waals surface area contributed by atoms with Crippen LogP contribution in [-0.4, -0.2) is 53.5 Å². The van der Waals surface area contributed by atoms with Crippen LogP contribution in [0.4, 0.5) is 5.69 Å². The monoisotopic (exact) mass is 577 g/mol. The number of phenolic OH excluding ortho intramolecular Hbond substituents is 1. The molecule has 3 aromatic carbocycles. The van der Waals surface area contributed by atoms with Crippen molar-refractivity contribution in [3.8, 4) is 23.0 Å². The minimum Gasteiger partial charge on any atom is -0.503 e. The van der Waals surface area contributed by atoms with Crippen LogP contribution in [0.1, 0.15) is 5.56 Å². The Kier molecular flexibility index (Phi) is 8.78. The van der Waals surface area contributed by atoms with Gasteiger partial charge in [-0.3, -0.25) is 9.10 Å². The van der Waals surface area contributed by atoms with Gasteiger partial charge >= 0.3 is 0 Å². The average molecular weight is 578 g/mol. The zero-order chi connectivity index (χ0) is 26.3. The maximum absolute atomic E-state index is 13.5. The van der Waals surface area contributed by atoms with E-state index in [2.05, 4.69) is 26.5 Å². The molecule has 190 valence electrons. The Bertz CT molecular complexity index is 1370. The number of phenols is 1. The van der Waals surface area contributed by atoms with Gasteiger partial charge in [0.25, 0.3) is 15.9 Å². The summed E-state index contributed by atoms with van der Waals surface area (Å²) in [4.78, 5) is 12.8. The highest BCUT2D eigenvalue weighted by molar-refractivity contribution is 9.10. The summed E-state index contributed by atoms with van der Waals surface area (Å²) in [6.45, 7) is -0.583. The number of halogens is 1. The molecule has 3 rings (SSSR count). The number of anilines is 1. The van der Waals surface area contributed by atoms with E-state index in [0.29, 0.717) is 15.8 Å². The minimum absolute atomic E-state index is 0.000195. The molecule has 0 saturated carbocycles. The highest BCUT2D eigenvalue weighted by Crippen LogP contribution is 2.36. The smallest absolute Gasteiger partial charge is 0.264 e. The molecule has 0 spiro atoms. The fraction of sp³-hybridized carbons (Fsp3) is 0.167. The van der Waals surface area contributed by atoms with Crippen LogP contribution in [0, 0.1) is 0 Å². The second-order valence-corrected chi connectivity index (χ2v) is 9.93. The molecule has 1 amide bonds. The van der Waals surface area contributed by atoms with E-state index in [4.69, 9.17) is 14.2 Å². The summed E-state index contributed by atoms with van der Waals surface area (Å²) in [5, 5.41) is 13.8. The number of sulfonamides is 1. The molecular formula is C24H24BrN3O7S. The fourth-order valence-corrected chi connectivity index (χ4v) is 5.09. The number of amides is 1. The fourth-order valence-electron chi connectivity index (χ4n) is 3.18. The number of rotatable bonds is 10. The molecule has 0 radical (unpaired) electrons. The third kappa shape index (κ3) is 6.07. The summed E-state index contributed by atoms with van der Waals surface area (Å²) in [5.41, 5.74) is 2.99. The van der Waals surface area contributed by atoms with Crippen LogP contribution in [-0.2, 0) is 14.8 Å². The van der Waals surface area contributed by atoms with Gasteiger partial charge < -0.3 is 19.3 Å². The molecule has 10 nitrogen and oxygen atoms in total. The van der Waals surface area contributed by atoms with Crippen molar-refractivity contribution in [2.45, 2.75) is 4.90 Å². The molecule has 0 aromatic heterocycles. The molecule has 12 heteroatoms. The molecule has 0 saturated heterocycles. The Morgan fingerprint density at radius 2 is 1.72 bits per heavy atom. The van der Waals surface area contributed by atoms with Gasteiger partial charge in [-0.1, -0.05) is 18.2 Å². The molecule has 0 bridgehead atoms. The van der Waals surface area contributed by atoms with Crippen molar-refractivity contribution in [3.05, 3.63) is 70.7 Å². The lowest BCUT2D eigenvalue weighted by Gasteiger charge is -2.25. The van der Waals surface area contributed by atoms with E-state index in [1.807, 2.05) is 0 Å². The highest BCUT2D eigenvalue weighted by Gasteiger charge is 2.29. The SMILES string of the molecule is COc1ccc(N(CC(=O)N/N=C/c2cc(Br)c(O)c(OC)c2)S(=O)(=O)c2ccccc2)c(OC)c1. The molecule has 0 aliphatic heterocycles. The maximum Gasteiger partial charge on any atom is 0.264 e. The Morgan fingerprint density at radius 3 is 2.36 bits per heavy atom. The molecule has 0 heterocycles. The first-order chi connectivity index (χ1) is 17.2. The van der Waals surface area contributed by atoms with E-state index in [9.17, 15) is 18.3 Å². The second kappa shape index (κ2) is 11.8. The van der Waals surface area contributed by atoms with Gasteiger partial charge in [0.2, 0.25) is 0 Å². The first-order valence-electron chi connectivity index (χ1n) is 10.4. The van der Waals surface area contributed by atoms with Gasteiger partial charge in [0.05, 0.1) is 42.6 Å². The van der Waals surface area contributed by atoms with Crippen molar-refractivity contribution in [3.63, 3.8) is 0 Å². The number of hydrogen-bond donors (Lipinski definition) is 2. The zero-order valence-electron chi connectivity index (χ0n) is 19.6. The number of carbonyl (C=O) groups excluding carboxylic acids is 1. The van der Waals surface area contributed by atoms with Crippen LogP contribution in [0.3, 0.4) is 0 Å². The molecule has 2 N–H and O–H groups in total. The van der Waals surface area contributed by atoms with Crippen molar-refractivity contribution >= 4 is 43.8 Å². The van der Waals surface area contributed by atoms with Gasteiger partial charge in [0, 0.05) is 6.07 Å². The first-order valence-corrected chi connectivity index (χ1v) is 12.6. The summed E-state index contributed by atoms with van der Waals surface area (Å²) >= 11 is 3.21. The van der Waals surface area contributed by atoms with Crippen molar-refractivity contribution < 1.29 is 32.5 Å². The lowest BCUT2D eigenvalue weighted by molar-refractivity contribution is -0.119. The minimum atomic E-state index is -4.15. The van der Waals surface area contributed by atoms with E-state index in [1.165, 1.54) is 57.9 Å². The summed E-state index contributed by atoms with van der Waals surface area (Å²) < 4.78 is 44.0. The van der Waals surface area contributed by atoms with E-state index in [-0.39, 0.29) is 27.8 Å². The summed E-state index contributed by atoms with van der Waals surface area (Å²) in [5.74, 6) is 0.0922. The quantitative estimate of drug-likeness (QED) is 0.279. The molecule has 0 aliphatic carbocycles. The van der Waals surface area contributed by atoms with Crippen molar-refractivity contribution in [1.82, 2.24) is 5.43 Å². The van der Waals surface area contributed by atoms with Gasteiger partial charge in [0.1, 0.15) is 18.0 Å². The normalized spacial score (nSPS) is 11.2. The Labute approximate surface area is 217 Å². The number of hydrazone groups is 1. The van der Waals surface area contributed by atoms with Gasteiger partial charge in [0.15, 0.2) is 11.5 Å². The second-order valence-electron chi connectivity index (χ2n) is 7.21. The third-order valence-electron chi connectivity index (χ3n) is 4.95. The van der Waals surface area contributed by atoms with Crippen LogP contribution >= 0.6 is 15.9 Å². The van der Waals surface area contributed by atoms with Crippen LogP contribution in [0.25, 0.3) is 0 Å². The van der Waals surface area contributed by atoms with E-state index < -0.39 is 22.5 Å². The van der Waals surface area contributed by atoms with E-state index in [1.54, 1.807) is 30.3 Å². The van der Waals surface area contributed by atoms with Gasteiger partial charge in [-0.25, -0.2) is 13.8 Å². The van der Waals surface area contributed by atoms with Crippen LogP contribution in [0.2, 0.25) is 0 Å². The lowest BCUT2D eigenvalue weighted by atomic mass is 10.2. The van der Waals surface area contributed by atoms with Crippen molar-refractivity contribution in [2.75, 3.05) is 32.2 Å². The number of aromatic hydroxyl groups is 1. The van der Waals surface area contributed by atoms with Crippen molar-refractivity contribution in [2.24, 2.45) is 5.10 Å². The van der Waals surface area contributed by atoms with E-state index >= 15 is 0 Å². The molecular weight excluding hydrogens is 554 g/mol. The zero-order valence-corrected chi connectivity index (χ0v) is 22.0. The highest BCUT2D eigenvalue weighted by atomic mass is 79.9. The number of methoxy groups -OCH3 is 3. The molecule has 3 aromatic rings. The van der Waals surface area contributed by atoms with Crippen LogP contribution in [0.5, 0.6) is 23.0 Å². The number of carbonyl (C=O) groups is 1. The summed E-state index contributed by atoms with van der Waals surface area (Å²) in [6, 6.07) is 15.4. The lowest BCUT2D eigenvalue weighted by Crippen LogP contribution is -2.39. The van der Waals surface area contributed by atoms with Crippen LogP contribution < -0.4 is 23.9 Å². The molecule has 0 fully saturated rings. The molecule has 0 atom stereocenters. The Hall–Kier alpha value is -3.77. The predicted octanol–water partition coefficient (Wildman–Crippen LogP) is 3.53. The van der Waals surface area contributed by atoms with Gasteiger partial charge in [-0.05, 0) is 57.9 Å². The van der Waals surface area contributed by atoms with E-state index in [0.717, 1.165) is 4.31 Å². The predicted molar refractivity (Wildman–Crippen MR) is 139 cm³/mol. The standard InChI is InChI=1S/C24H24BrN3O7S/c1-33-17-9-10-20(21(13-17)34-2)28(36(31,32)18-7-5-4-6-8-18)15-23(29)27-26-14-16-11-19(25)24(30)22(12-16)35-3/h4-14,30H,15H2,1-3H3,(H,27,29)/b26-14+. The maximum atomic E-state index is 13.5. The van der Waals surface area contributed by atoms with Crippen molar-refractivity contribution in [1.29, 1.82) is 0 Å². The number of ether oxygens (including phenoxy) is 3. The number of benzene rings is 3. The van der Waals surface area contributed by atoms with Gasteiger partial charge in [-0.2, -0.15) is 5.10 Å². The first kappa shape index (κ1) is 26.8. The van der Waals surface area contributed by atoms with Gasteiger partial charge in [-0.15, -0.1) is 0 Å². The third-order valence-corrected chi connectivity index (χ3v) is 7.33. The largest absolute Gasteiger partial charge is 0.503 e. The number of hydrogen-bond acceptors (Lipinski definition) is 8. The molecule has 0 aliphatic rings. The Balaban J connectivity index is 1.91. The summed E-state index contributed by atoms with van der Waals surface area (Å²) in [7, 11) is 0.115. The molecule has 0 unspecified atom stereocenters. The average Bonchev–Trinajstić information content (AvgIpc) is 2.89. The van der Waals surface area contributed by atoms with Crippen LogP contribution in [0.15, 0.2) is 75.1 Å². The Morgan fingerprint density at radius 1 is 1.03 bits per heavy atom. The number of nitrogens with zero attached hydrogens (tertiary/aromatic N) is 2. The molecule has 36 heavy (non-hydrogen) atoms. The number of nitrogens with one attached hydrogen (secondary N) is 1. The topological polar surface area (TPSA) is 127 Å². The summed E-state index contributed by atoms with van der Waals surface area (Å²) in [6.07, 6.45) is 1.33.